The molecule has 1 aromatic heterocycles. The van der Waals surface area contributed by atoms with E-state index in [0.29, 0.717) is 35.1 Å². The zero-order chi connectivity index (χ0) is 18.9. The van der Waals surface area contributed by atoms with Crippen LogP contribution < -0.4 is 14.2 Å². The zero-order valence-electron chi connectivity index (χ0n) is 15.0. The highest BCUT2D eigenvalue weighted by Crippen LogP contribution is 2.47. The third-order valence-electron chi connectivity index (χ3n) is 4.11. The van der Waals surface area contributed by atoms with Crippen LogP contribution in [0.2, 0.25) is 0 Å². The van der Waals surface area contributed by atoms with Crippen molar-refractivity contribution < 1.29 is 22.6 Å². The molecule has 2 aromatic rings. The van der Waals surface area contributed by atoms with Crippen LogP contribution in [0.25, 0.3) is 0 Å². The van der Waals surface area contributed by atoms with E-state index in [1.807, 2.05) is 0 Å². The summed E-state index contributed by atoms with van der Waals surface area (Å²) in [4.78, 5) is 4.01. The fraction of sp³-hybridized carbons (Fsp3) is 0.438. The van der Waals surface area contributed by atoms with Crippen molar-refractivity contribution in [1.82, 2.24) is 13.9 Å². The van der Waals surface area contributed by atoms with E-state index in [0.717, 1.165) is 0 Å². The summed E-state index contributed by atoms with van der Waals surface area (Å²) in [5.74, 6) is 2.26. The van der Waals surface area contributed by atoms with E-state index in [2.05, 4.69) is 4.98 Å². The molecule has 0 radical (unpaired) electrons. The van der Waals surface area contributed by atoms with Gasteiger partial charge in [0, 0.05) is 37.2 Å². The zero-order valence-corrected chi connectivity index (χ0v) is 16.6. The maximum atomic E-state index is 13.0. The number of nitrogens with zero attached hydrogens (tertiary/aromatic N) is 3. The largest absolute Gasteiger partial charge is 0.496 e. The highest BCUT2D eigenvalue weighted by Gasteiger charge is 2.39. The molecule has 10 heteroatoms. The first-order chi connectivity index (χ1) is 12.4. The Morgan fingerprint density at radius 1 is 1.12 bits per heavy atom. The standard InChI is InChI=1S/C16H21N3O5S2/c1-18-9-15(17-10-18)26(20,21)19-5-6-25-16(19)11-7-13(23-3)14(24-4)8-12(11)22-2/h7-10,16H,5-6H2,1-4H3. The average Bonchev–Trinajstić information content (AvgIpc) is 3.30. The summed E-state index contributed by atoms with van der Waals surface area (Å²) in [6, 6.07) is 3.47. The lowest BCUT2D eigenvalue weighted by molar-refractivity contribution is 0.344. The lowest BCUT2D eigenvalue weighted by Gasteiger charge is -2.25. The van der Waals surface area contributed by atoms with Gasteiger partial charge in [0.1, 0.15) is 5.75 Å². The Kier molecular flexibility index (Phi) is 5.35. The maximum absolute atomic E-state index is 13.0. The SMILES string of the molecule is COc1cc(OC)c(C2SCCN2S(=O)(=O)c2cn(C)cn2)cc1OC. The molecule has 1 fully saturated rings. The highest BCUT2D eigenvalue weighted by molar-refractivity contribution is 8.01. The molecule has 0 saturated carbocycles. The minimum Gasteiger partial charge on any atom is -0.496 e. The molecule has 3 rings (SSSR count). The van der Waals surface area contributed by atoms with Crippen LogP contribution in [-0.2, 0) is 17.1 Å². The Morgan fingerprint density at radius 3 is 2.35 bits per heavy atom. The molecule has 0 spiro atoms. The topological polar surface area (TPSA) is 82.9 Å². The molecule has 1 aliphatic rings. The Bertz CT molecular complexity index is 897. The predicted octanol–water partition coefficient (Wildman–Crippen LogP) is 1.88. The van der Waals surface area contributed by atoms with Gasteiger partial charge in [0.2, 0.25) is 0 Å². The molecule has 1 unspecified atom stereocenters. The van der Waals surface area contributed by atoms with Crippen molar-refractivity contribution in [2.24, 2.45) is 7.05 Å². The van der Waals surface area contributed by atoms with Gasteiger partial charge in [-0.25, -0.2) is 13.4 Å². The molecule has 0 N–H and O–H groups in total. The van der Waals surface area contributed by atoms with Crippen LogP contribution in [0.15, 0.2) is 29.7 Å². The molecular formula is C16H21N3O5S2. The number of imidazole rings is 1. The Morgan fingerprint density at radius 2 is 1.77 bits per heavy atom. The number of ether oxygens (including phenoxy) is 3. The smallest absolute Gasteiger partial charge is 0.263 e. The number of methoxy groups -OCH3 is 3. The van der Waals surface area contributed by atoms with Gasteiger partial charge in [0.05, 0.1) is 33.0 Å². The van der Waals surface area contributed by atoms with Gasteiger partial charge in [-0.2, -0.15) is 4.31 Å². The molecule has 1 saturated heterocycles. The fourth-order valence-corrected chi connectivity index (χ4v) is 6.05. The minimum absolute atomic E-state index is 0.0342. The van der Waals surface area contributed by atoms with Crippen LogP contribution in [0.5, 0.6) is 17.2 Å². The van der Waals surface area contributed by atoms with E-state index in [4.69, 9.17) is 14.2 Å². The summed E-state index contributed by atoms with van der Waals surface area (Å²) < 4.78 is 45.3. The van der Waals surface area contributed by atoms with Crippen LogP contribution in [0.3, 0.4) is 0 Å². The van der Waals surface area contributed by atoms with E-state index in [1.165, 1.54) is 35.7 Å². The lowest BCUT2D eigenvalue weighted by atomic mass is 10.1. The van der Waals surface area contributed by atoms with Crippen LogP contribution in [0.4, 0.5) is 0 Å². The molecule has 1 atom stereocenters. The number of thioether (sulfide) groups is 1. The summed E-state index contributed by atoms with van der Waals surface area (Å²) in [5.41, 5.74) is 0.715. The monoisotopic (exact) mass is 399 g/mol. The van der Waals surface area contributed by atoms with Crippen LogP contribution in [-0.4, -0.2) is 55.9 Å². The first-order valence-electron chi connectivity index (χ1n) is 7.83. The van der Waals surface area contributed by atoms with E-state index in [1.54, 1.807) is 38.0 Å². The number of hydrogen-bond donors (Lipinski definition) is 0. The third-order valence-corrected chi connectivity index (χ3v) is 7.23. The molecule has 0 bridgehead atoms. The van der Waals surface area contributed by atoms with Gasteiger partial charge in [-0.3, -0.25) is 0 Å². The molecular weight excluding hydrogens is 378 g/mol. The molecule has 1 aromatic carbocycles. The highest BCUT2D eigenvalue weighted by atomic mass is 32.2. The van der Waals surface area contributed by atoms with Crippen molar-refractivity contribution in [3.8, 4) is 17.2 Å². The van der Waals surface area contributed by atoms with Crippen molar-refractivity contribution >= 4 is 21.8 Å². The quantitative estimate of drug-likeness (QED) is 0.733. The molecule has 26 heavy (non-hydrogen) atoms. The minimum atomic E-state index is -3.72. The van der Waals surface area contributed by atoms with Crippen molar-refractivity contribution in [3.05, 3.63) is 30.2 Å². The Hall–Kier alpha value is -1.91. The number of benzene rings is 1. The van der Waals surface area contributed by atoms with Gasteiger partial charge in [0.25, 0.3) is 10.0 Å². The normalized spacial score (nSPS) is 18.1. The van der Waals surface area contributed by atoms with Crippen LogP contribution >= 0.6 is 11.8 Å². The molecule has 8 nitrogen and oxygen atoms in total. The summed E-state index contributed by atoms with van der Waals surface area (Å²) in [7, 11) is 2.64. The first kappa shape index (κ1) is 18.9. The first-order valence-corrected chi connectivity index (χ1v) is 10.3. The summed E-state index contributed by atoms with van der Waals surface area (Å²) in [6.45, 7) is 0.395. The number of rotatable bonds is 6. The molecule has 1 aliphatic heterocycles. The fourth-order valence-electron chi connectivity index (χ4n) is 2.83. The van der Waals surface area contributed by atoms with Crippen molar-refractivity contribution in [2.45, 2.75) is 10.4 Å². The number of hydrogen-bond acceptors (Lipinski definition) is 7. The van der Waals surface area contributed by atoms with E-state index < -0.39 is 15.4 Å². The molecule has 142 valence electrons. The van der Waals surface area contributed by atoms with Crippen molar-refractivity contribution in [2.75, 3.05) is 33.6 Å². The van der Waals surface area contributed by atoms with Crippen LogP contribution in [0.1, 0.15) is 10.9 Å². The third kappa shape index (κ3) is 3.24. The maximum Gasteiger partial charge on any atom is 0.263 e. The predicted molar refractivity (Wildman–Crippen MR) is 98.4 cm³/mol. The van der Waals surface area contributed by atoms with E-state index >= 15 is 0 Å². The van der Waals surface area contributed by atoms with Crippen molar-refractivity contribution in [1.29, 1.82) is 0 Å². The van der Waals surface area contributed by atoms with Gasteiger partial charge in [-0.1, -0.05) is 0 Å². The van der Waals surface area contributed by atoms with Crippen molar-refractivity contribution in [3.63, 3.8) is 0 Å². The number of aromatic nitrogens is 2. The van der Waals surface area contributed by atoms with Gasteiger partial charge in [-0.15, -0.1) is 11.8 Å². The summed E-state index contributed by atoms with van der Waals surface area (Å²) in [6.07, 6.45) is 2.98. The van der Waals surface area contributed by atoms with E-state index in [-0.39, 0.29) is 5.03 Å². The van der Waals surface area contributed by atoms with Gasteiger partial charge >= 0.3 is 0 Å². The Balaban J connectivity index is 2.05. The van der Waals surface area contributed by atoms with Crippen LogP contribution in [0, 0.1) is 0 Å². The Labute approximate surface area is 157 Å². The number of sulfonamides is 1. The molecule has 0 amide bonds. The second-order valence-corrected chi connectivity index (χ2v) is 8.69. The van der Waals surface area contributed by atoms with Gasteiger partial charge < -0.3 is 18.8 Å². The summed E-state index contributed by atoms with van der Waals surface area (Å²) >= 11 is 1.53. The summed E-state index contributed by atoms with van der Waals surface area (Å²) in [5, 5.41) is -0.399. The molecule has 0 aliphatic carbocycles. The molecule has 2 heterocycles. The van der Waals surface area contributed by atoms with Gasteiger partial charge in [-0.05, 0) is 6.07 Å². The number of aryl methyl sites for hydroxylation is 1. The second-order valence-electron chi connectivity index (χ2n) is 5.67. The van der Waals surface area contributed by atoms with E-state index in [9.17, 15) is 8.42 Å². The average molecular weight is 399 g/mol. The van der Waals surface area contributed by atoms with Gasteiger partial charge in [0.15, 0.2) is 16.5 Å². The second kappa shape index (κ2) is 7.37. The lowest BCUT2D eigenvalue weighted by Crippen LogP contribution is -2.31.